The van der Waals surface area contributed by atoms with E-state index in [9.17, 15) is 18.0 Å². The predicted molar refractivity (Wildman–Crippen MR) is 79.1 cm³/mol. The summed E-state index contributed by atoms with van der Waals surface area (Å²) in [6.07, 6.45) is -1.36. The Labute approximate surface area is 135 Å². The van der Waals surface area contributed by atoms with E-state index in [0.717, 1.165) is 24.1 Å². The molecule has 1 heterocycles. The Kier molecular flexibility index (Phi) is 4.96. The van der Waals surface area contributed by atoms with Crippen molar-refractivity contribution in [3.05, 3.63) is 52.6 Å². The number of halogens is 3. The zero-order chi connectivity index (χ0) is 17.9. The number of dihydropyridines is 1. The molecule has 0 unspecified atom stereocenters. The number of alkyl halides is 3. The van der Waals surface area contributed by atoms with Gasteiger partial charge in [0.2, 0.25) is 0 Å². The van der Waals surface area contributed by atoms with Gasteiger partial charge in [0.1, 0.15) is 0 Å². The molecule has 1 aromatic rings. The zero-order valence-electron chi connectivity index (χ0n) is 12.4. The lowest BCUT2D eigenvalue weighted by atomic mass is 9.87. The SMILES string of the molecule is O=C(O)C(F)(F)F.O=C(O)C1=CC2=C(NC1)c1ccccc1CC2. The van der Waals surface area contributed by atoms with Crippen LogP contribution in [-0.4, -0.2) is 34.9 Å². The van der Waals surface area contributed by atoms with E-state index in [1.807, 2.05) is 18.2 Å². The van der Waals surface area contributed by atoms with Gasteiger partial charge in [0.25, 0.3) is 0 Å². The van der Waals surface area contributed by atoms with Crippen LogP contribution >= 0.6 is 0 Å². The molecule has 0 fully saturated rings. The second kappa shape index (κ2) is 6.77. The third kappa shape index (κ3) is 3.95. The van der Waals surface area contributed by atoms with E-state index in [1.54, 1.807) is 0 Å². The highest BCUT2D eigenvalue weighted by Crippen LogP contribution is 2.32. The molecule has 1 aliphatic carbocycles. The Morgan fingerprint density at radius 2 is 1.71 bits per heavy atom. The summed E-state index contributed by atoms with van der Waals surface area (Å²) in [5, 5.41) is 19.4. The molecule has 3 rings (SSSR count). The molecular formula is C16H14F3NO4. The maximum atomic E-state index is 10.9. The Morgan fingerprint density at radius 1 is 1.08 bits per heavy atom. The summed E-state index contributed by atoms with van der Waals surface area (Å²) < 4.78 is 31.7. The van der Waals surface area contributed by atoms with Crippen LogP contribution in [0.1, 0.15) is 17.5 Å². The molecule has 0 bridgehead atoms. The first-order valence-electron chi connectivity index (χ1n) is 6.99. The molecule has 1 aliphatic heterocycles. The first-order chi connectivity index (χ1) is 11.2. The average Bonchev–Trinajstić information content (AvgIpc) is 2.53. The van der Waals surface area contributed by atoms with E-state index in [4.69, 9.17) is 15.0 Å². The van der Waals surface area contributed by atoms with Crippen molar-refractivity contribution in [1.29, 1.82) is 0 Å². The maximum absolute atomic E-state index is 10.9. The Hall–Kier alpha value is -2.77. The second-order valence-corrected chi connectivity index (χ2v) is 5.19. The highest BCUT2D eigenvalue weighted by Gasteiger charge is 2.38. The first-order valence-corrected chi connectivity index (χ1v) is 6.99. The van der Waals surface area contributed by atoms with E-state index >= 15 is 0 Å². The van der Waals surface area contributed by atoms with E-state index in [1.165, 1.54) is 11.1 Å². The van der Waals surface area contributed by atoms with Gasteiger partial charge in [0.15, 0.2) is 0 Å². The first kappa shape index (κ1) is 17.6. The van der Waals surface area contributed by atoms with Gasteiger partial charge in [-0.15, -0.1) is 0 Å². The van der Waals surface area contributed by atoms with Crippen molar-refractivity contribution in [2.24, 2.45) is 0 Å². The molecule has 0 radical (unpaired) electrons. The van der Waals surface area contributed by atoms with E-state index in [2.05, 4.69) is 17.4 Å². The highest BCUT2D eigenvalue weighted by atomic mass is 19.4. The molecule has 0 amide bonds. The van der Waals surface area contributed by atoms with Crippen molar-refractivity contribution >= 4 is 17.6 Å². The number of carboxylic acid groups (broad SMARTS) is 2. The van der Waals surface area contributed by atoms with Gasteiger partial charge in [0.05, 0.1) is 5.57 Å². The van der Waals surface area contributed by atoms with Gasteiger partial charge < -0.3 is 15.5 Å². The van der Waals surface area contributed by atoms with E-state index in [0.29, 0.717) is 12.1 Å². The summed E-state index contributed by atoms with van der Waals surface area (Å²) in [5.41, 5.74) is 5.23. The van der Waals surface area contributed by atoms with E-state index in [-0.39, 0.29) is 0 Å². The normalized spacial score (nSPS) is 15.9. The number of fused-ring (bicyclic) bond motifs is 2. The summed E-state index contributed by atoms with van der Waals surface area (Å²) >= 11 is 0. The minimum Gasteiger partial charge on any atom is -0.478 e. The summed E-state index contributed by atoms with van der Waals surface area (Å²) in [5.74, 6) is -3.59. The molecule has 5 nitrogen and oxygen atoms in total. The van der Waals surface area contributed by atoms with Crippen LogP contribution in [0.25, 0.3) is 5.70 Å². The molecule has 0 saturated heterocycles. The largest absolute Gasteiger partial charge is 0.490 e. The molecule has 0 saturated carbocycles. The van der Waals surface area contributed by atoms with Gasteiger partial charge in [-0.05, 0) is 30.1 Å². The summed E-state index contributed by atoms with van der Waals surface area (Å²) in [4.78, 5) is 19.8. The van der Waals surface area contributed by atoms with Gasteiger partial charge in [-0.1, -0.05) is 24.3 Å². The number of carbonyl (C=O) groups is 2. The molecule has 1 aromatic carbocycles. The molecular weight excluding hydrogens is 327 g/mol. The van der Waals surface area contributed by atoms with Crippen LogP contribution in [0.4, 0.5) is 13.2 Å². The van der Waals surface area contributed by atoms with Crippen LogP contribution in [0, 0.1) is 0 Å². The van der Waals surface area contributed by atoms with Crippen molar-refractivity contribution in [2.45, 2.75) is 19.0 Å². The lowest BCUT2D eigenvalue weighted by Crippen LogP contribution is -2.27. The third-order valence-corrected chi connectivity index (χ3v) is 3.59. The number of hydrogen-bond acceptors (Lipinski definition) is 3. The fraction of sp³-hybridized carbons (Fsp3) is 0.250. The van der Waals surface area contributed by atoms with Gasteiger partial charge in [0, 0.05) is 17.8 Å². The van der Waals surface area contributed by atoms with Gasteiger partial charge in [-0.25, -0.2) is 9.59 Å². The predicted octanol–water partition coefficient (Wildman–Crippen LogP) is 2.59. The number of hydrogen-bond donors (Lipinski definition) is 3. The van der Waals surface area contributed by atoms with Gasteiger partial charge in [-0.3, -0.25) is 0 Å². The van der Waals surface area contributed by atoms with Crippen molar-refractivity contribution in [2.75, 3.05) is 6.54 Å². The number of rotatable bonds is 1. The number of nitrogens with one attached hydrogen (secondary N) is 1. The standard InChI is InChI=1S/C14H13NO2.C2HF3O2/c16-14(17)11-7-10-6-5-9-3-1-2-4-12(9)13(10)15-8-11;3-2(4,5)1(6)7/h1-4,7,15H,5-6,8H2,(H,16,17);(H,6,7). The number of aryl methyl sites for hydroxylation is 1. The van der Waals surface area contributed by atoms with Crippen molar-refractivity contribution in [1.82, 2.24) is 5.32 Å². The van der Waals surface area contributed by atoms with Crippen LogP contribution in [0.5, 0.6) is 0 Å². The Balaban J connectivity index is 0.000000256. The van der Waals surface area contributed by atoms with Crippen molar-refractivity contribution < 1.29 is 33.0 Å². The molecule has 0 aromatic heterocycles. The van der Waals surface area contributed by atoms with Crippen molar-refractivity contribution in [3.63, 3.8) is 0 Å². The van der Waals surface area contributed by atoms with Crippen LogP contribution in [0.3, 0.4) is 0 Å². The monoisotopic (exact) mass is 341 g/mol. The fourth-order valence-corrected chi connectivity index (χ4v) is 2.48. The molecule has 2 aliphatic rings. The fourth-order valence-electron chi connectivity index (χ4n) is 2.48. The Morgan fingerprint density at radius 3 is 2.29 bits per heavy atom. The molecule has 128 valence electrons. The highest BCUT2D eigenvalue weighted by molar-refractivity contribution is 5.90. The number of benzene rings is 1. The molecule has 0 atom stereocenters. The lowest BCUT2D eigenvalue weighted by molar-refractivity contribution is -0.192. The number of allylic oxidation sites excluding steroid dienone is 2. The van der Waals surface area contributed by atoms with Crippen LogP contribution in [-0.2, 0) is 16.0 Å². The number of aliphatic carboxylic acids is 2. The average molecular weight is 341 g/mol. The maximum Gasteiger partial charge on any atom is 0.490 e. The van der Waals surface area contributed by atoms with Crippen LogP contribution in [0.2, 0.25) is 0 Å². The molecule has 24 heavy (non-hydrogen) atoms. The summed E-state index contributed by atoms with van der Waals surface area (Å²) in [6, 6.07) is 8.30. The smallest absolute Gasteiger partial charge is 0.478 e. The zero-order valence-corrected chi connectivity index (χ0v) is 12.4. The minimum atomic E-state index is -5.08. The lowest BCUT2D eigenvalue weighted by Gasteiger charge is -2.26. The topological polar surface area (TPSA) is 86.6 Å². The summed E-state index contributed by atoms with van der Waals surface area (Å²) in [7, 11) is 0. The quantitative estimate of drug-likeness (QED) is 0.731. The van der Waals surface area contributed by atoms with Crippen molar-refractivity contribution in [3.8, 4) is 0 Å². The van der Waals surface area contributed by atoms with Crippen LogP contribution < -0.4 is 5.32 Å². The number of carboxylic acids is 2. The summed E-state index contributed by atoms with van der Waals surface area (Å²) in [6.45, 7) is 0.405. The molecule has 8 heteroatoms. The Bertz CT molecular complexity index is 735. The third-order valence-electron chi connectivity index (χ3n) is 3.59. The van der Waals surface area contributed by atoms with E-state index < -0.39 is 18.1 Å². The molecule has 3 N–H and O–H groups in total. The van der Waals surface area contributed by atoms with Crippen LogP contribution in [0.15, 0.2) is 41.5 Å². The van der Waals surface area contributed by atoms with Gasteiger partial charge >= 0.3 is 18.1 Å². The second-order valence-electron chi connectivity index (χ2n) is 5.19. The van der Waals surface area contributed by atoms with Gasteiger partial charge in [-0.2, -0.15) is 13.2 Å². The molecule has 0 spiro atoms. The minimum absolute atomic E-state index is 0.405.